The summed E-state index contributed by atoms with van der Waals surface area (Å²) in [4.78, 5) is 12.4. The van der Waals surface area contributed by atoms with Crippen LogP contribution in [0, 0.1) is 0 Å². The Kier molecular flexibility index (Phi) is 4.61. The molecule has 0 saturated carbocycles. The SMILES string of the molecule is CC1SCCSC1C(=O)CCc1ccc2c(c1)CCO2. The third kappa shape index (κ3) is 3.17. The molecule has 0 spiro atoms. The van der Waals surface area contributed by atoms with Gasteiger partial charge in [-0.25, -0.2) is 0 Å². The van der Waals surface area contributed by atoms with Gasteiger partial charge in [0, 0.05) is 29.6 Å². The van der Waals surface area contributed by atoms with Crippen LogP contribution in [-0.4, -0.2) is 34.4 Å². The molecule has 0 aromatic heterocycles. The molecule has 2 nitrogen and oxygen atoms in total. The number of rotatable bonds is 4. The second-order valence-electron chi connectivity index (χ2n) is 5.37. The lowest BCUT2D eigenvalue weighted by Gasteiger charge is -2.26. The molecule has 3 rings (SSSR count). The molecule has 0 bridgehead atoms. The highest BCUT2D eigenvalue weighted by atomic mass is 32.2. The summed E-state index contributed by atoms with van der Waals surface area (Å²) < 4.78 is 5.52. The number of ether oxygens (including phenoxy) is 1. The average Bonchev–Trinajstić information content (AvgIpc) is 2.92. The lowest BCUT2D eigenvalue weighted by molar-refractivity contribution is -0.118. The van der Waals surface area contributed by atoms with Crippen molar-refractivity contribution in [2.45, 2.75) is 36.7 Å². The molecule has 2 unspecified atom stereocenters. The van der Waals surface area contributed by atoms with Gasteiger partial charge in [-0.3, -0.25) is 4.79 Å². The lowest BCUT2D eigenvalue weighted by atomic mass is 10.0. The number of benzene rings is 1. The maximum atomic E-state index is 12.4. The average molecular weight is 308 g/mol. The molecule has 1 aromatic carbocycles. The van der Waals surface area contributed by atoms with Crippen molar-refractivity contribution >= 4 is 29.3 Å². The number of carbonyl (C=O) groups is 1. The molecule has 20 heavy (non-hydrogen) atoms. The fourth-order valence-electron chi connectivity index (χ4n) is 2.79. The number of aryl methyl sites for hydroxylation is 1. The molecule has 4 heteroatoms. The van der Waals surface area contributed by atoms with Gasteiger partial charge in [0.25, 0.3) is 0 Å². The van der Waals surface area contributed by atoms with Crippen molar-refractivity contribution in [3.63, 3.8) is 0 Å². The molecule has 0 radical (unpaired) electrons. The molecule has 2 atom stereocenters. The molecular weight excluding hydrogens is 288 g/mol. The quantitative estimate of drug-likeness (QED) is 0.852. The van der Waals surface area contributed by atoms with E-state index in [9.17, 15) is 4.79 Å². The summed E-state index contributed by atoms with van der Waals surface area (Å²) in [5.41, 5.74) is 2.56. The first-order chi connectivity index (χ1) is 9.74. The van der Waals surface area contributed by atoms with E-state index in [-0.39, 0.29) is 5.25 Å². The van der Waals surface area contributed by atoms with E-state index in [1.807, 2.05) is 23.5 Å². The second-order valence-corrected chi connectivity index (χ2v) is 8.11. The van der Waals surface area contributed by atoms with Crippen molar-refractivity contribution in [2.24, 2.45) is 0 Å². The highest BCUT2D eigenvalue weighted by Crippen LogP contribution is 2.32. The zero-order valence-corrected chi connectivity index (χ0v) is 13.4. The predicted octanol–water partition coefficient (Wildman–Crippen LogP) is 3.36. The van der Waals surface area contributed by atoms with Crippen LogP contribution in [0.1, 0.15) is 24.5 Å². The zero-order valence-electron chi connectivity index (χ0n) is 11.8. The lowest BCUT2D eigenvalue weighted by Crippen LogP contribution is -2.31. The monoisotopic (exact) mass is 308 g/mol. The minimum Gasteiger partial charge on any atom is -0.493 e. The van der Waals surface area contributed by atoms with Gasteiger partial charge in [-0.15, -0.1) is 11.8 Å². The molecule has 2 aliphatic rings. The summed E-state index contributed by atoms with van der Waals surface area (Å²) >= 11 is 3.78. The fourth-order valence-corrected chi connectivity index (χ4v) is 5.56. The van der Waals surface area contributed by atoms with Gasteiger partial charge in [0.05, 0.1) is 11.9 Å². The minimum atomic E-state index is 0.200. The van der Waals surface area contributed by atoms with E-state index in [2.05, 4.69) is 25.1 Å². The van der Waals surface area contributed by atoms with E-state index in [1.165, 1.54) is 16.9 Å². The second kappa shape index (κ2) is 6.44. The van der Waals surface area contributed by atoms with Crippen molar-refractivity contribution in [2.75, 3.05) is 18.1 Å². The van der Waals surface area contributed by atoms with Gasteiger partial charge < -0.3 is 4.74 Å². The van der Waals surface area contributed by atoms with Crippen molar-refractivity contribution in [3.8, 4) is 5.75 Å². The Morgan fingerprint density at radius 1 is 1.35 bits per heavy atom. The van der Waals surface area contributed by atoms with Gasteiger partial charge in [0.15, 0.2) is 0 Å². The van der Waals surface area contributed by atoms with Crippen LogP contribution in [0.15, 0.2) is 18.2 Å². The summed E-state index contributed by atoms with van der Waals surface area (Å²) in [6.07, 6.45) is 2.53. The molecule has 108 valence electrons. The molecule has 1 aromatic rings. The van der Waals surface area contributed by atoms with Crippen LogP contribution in [0.3, 0.4) is 0 Å². The van der Waals surface area contributed by atoms with Gasteiger partial charge in [0.1, 0.15) is 11.5 Å². The minimum absolute atomic E-state index is 0.200. The highest BCUT2D eigenvalue weighted by molar-refractivity contribution is 8.07. The van der Waals surface area contributed by atoms with Crippen LogP contribution < -0.4 is 4.74 Å². The predicted molar refractivity (Wildman–Crippen MR) is 87.1 cm³/mol. The number of ketones is 1. The molecule has 2 aliphatic heterocycles. The largest absolute Gasteiger partial charge is 0.493 e. The number of hydrogen-bond donors (Lipinski definition) is 0. The third-order valence-electron chi connectivity index (χ3n) is 3.92. The van der Waals surface area contributed by atoms with Crippen LogP contribution in [0.2, 0.25) is 0 Å². The Hall–Kier alpha value is -0.610. The van der Waals surface area contributed by atoms with Crippen LogP contribution in [-0.2, 0) is 17.6 Å². The molecule has 1 saturated heterocycles. The van der Waals surface area contributed by atoms with Crippen LogP contribution in [0.25, 0.3) is 0 Å². The van der Waals surface area contributed by atoms with Gasteiger partial charge in [-0.2, -0.15) is 11.8 Å². The fraction of sp³-hybridized carbons (Fsp3) is 0.562. The molecule has 1 fully saturated rings. The molecule has 2 heterocycles. The van der Waals surface area contributed by atoms with Crippen LogP contribution >= 0.6 is 23.5 Å². The van der Waals surface area contributed by atoms with Gasteiger partial charge >= 0.3 is 0 Å². The van der Waals surface area contributed by atoms with E-state index >= 15 is 0 Å². The third-order valence-corrected chi connectivity index (χ3v) is 7.06. The normalized spacial score (nSPS) is 25.1. The summed E-state index contributed by atoms with van der Waals surface area (Å²) in [6.45, 7) is 2.98. The first-order valence-corrected chi connectivity index (χ1v) is 9.34. The van der Waals surface area contributed by atoms with Crippen LogP contribution in [0.5, 0.6) is 5.75 Å². The number of carbonyl (C=O) groups excluding carboxylic acids is 1. The summed E-state index contributed by atoms with van der Waals surface area (Å²) in [6, 6.07) is 6.36. The summed E-state index contributed by atoms with van der Waals surface area (Å²) in [5, 5.41) is 0.668. The van der Waals surface area contributed by atoms with Crippen molar-refractivity contribution in [1.29, 1.82) is 0 Å². The summed E-state index contributed by atoms with van der Waals surface area (Å²) in [7, 11) is 0. The van der Waals surface area contributed by atoms with E-state index in [4.69, 9.17) is 4.74 Å². The molecule has 0 amide bonds. The van der Waals surface area contributed by atoms with Gasteiger partial charge in [0.2, 0.25) is 0 Å². The van der Waals surface area contributed by atoms with Crippen molar-refractivity contribution in [3.05, 3.63) is 29.3 Å². The number of fused-ring (bicyclic) bond motifs is 1. The topological polar surface area (TPSA) is 26.3 Å². The molecule has 0 aliphatic carbocycles. The van der Waals surface area contributed by atoms with Gasteiger partial charge in [-0.1, -0.05) is 19.1 Å². The van der Waals surface area contributed by atoms with Gasteiger partial charge in [-0.05, 0) is 23.6 Å². The van der Waals surface area contributed by atoms with E-state index in [1.54, 1.807) is 0 Å². The van der Waals surface area contributed by atoms with Crippen molar-refractivity contribution in [1.82, 2.24) is 0 Å². The Labute approximate surface area is 129 Å². The molecular formula is C16H20O2S2. The zero-order chi connectivity index (χ0) is 13.9. The standard InChI is InChI=1S/C16H20O2S2/c1-11-16(20-9-8-19-11)14(17)4-2-12-3-5-15-13(10-12)6-7-18-15/h3,5,10-11,16H,2,4,6-9H2,1H3. The van der Waals surface area contributed by atoms with Crippen LogP contribution in [0.4, 0.5) is 0 Å². The van der Waals surface area contributed by atoms with E-state index in [0.29, 0.717) is 17.5 Å². The Morgan fingerprint density at radius 2 is 2.20 bits per heavy atom. The Balaban J connectivity index is 1.57. The van der Waals surface area contributed by atoms with E-state index < -0.39 is 0 Å². The first kappa shape index (κ1) is 14.3. The number of Topliss-reactive ketones (excluding diaryl/α,β-unsaturated/α-hetero) is 1. The Morgan fingerprint density at radius 3 is 3.05 bits per heavy atom. The first-order valence-electron chi connectivity index (χ1n) is 7.24. The van der Waals surface area contributed by atoms with E-state index in [0.717, 1.165) is 31.0 Å². The smallest absolute Gasteiger partial charge is 0.147 e. The summed E-state index contributed by atoms with van der Waals surface area (Å²) in [5.74, 6) is 3.74. The number of hydrogen-bond acceptors (Lipinski definition) is 4. The highest BCUT2D eigenvalue weighted by Gasteiger charge is 2.28. The Bertz CT molecular complexity index is 501. The maximum Gasteiger partial charge on any atom is 0.147 e. The maximum absolute atomic E-state index is 12.4. The molecule has 0 N–H and O–H groups in total. The number of thioether (sulfide) groups is 2. The van der Waals surface area contributed by atoms with Crippen molar-refractivity contribution < 1.29 is 9.53 Å².